The lowest BCUT2D eigenvalue weighted by molar-refractivity contribution is -0.107. The van der Waals surface area contributed by atoms with Crippen molar-refractivity contribution in [3.8, 4) is 11.4 Å². The third-order valence-electron chi connectivity index (χ3n) is 2.91. The monoisotopic (exact) mass is 236 g/mol. The molecule has 0 amide bonds. The molecule has 2 aromatic carbocycles. The third kappa shape index (κ3) is 1.91. The minimum absolute atomic E-state index is 0.440. The van der Waals surface area contributed by atoms with Crippen LogP contribution in [-0.2, 0) is 11.2 Å². The molecule has 1 heterocycles. The lowest BCUT2D eigenvalue weighted by atomic mass is 10.1. The fourth-order valence-corrected chi connectivity index (χ4v) is 2.01. The largest absolute Gasteiger partial charge is 0.338 e. The van der Waals surface area contributed by atoms with E-state index in [2.05, 4.69) is 9.97 Å². The molecule has 3 nitrogen and oxygen atoms in total. The minimum atomic E-state index is 0.440. The van der Waals surface area contributed by atoms with E-state index in [-0.39, 0.29) is 0 Å². The van der Waals surface area contributed by atoms with Crippen molar-refractivity contribution in [2.75, 3.05) is 0 Å². The average molecular weight is 236 g/mol. The average Bonchev–Trinajstić information content (AvgIpc) is 2.83. The number of rotatable bonds is 3. The summed E-state index contributed by atoms with van der Waals surface area (Å²) in [4.78, 5) is 18.3. The van der Waals surface area contributed by atoms with E-state index in [1.807, 2.05) is 48.5 Å². The van der Waals surface area contributed by atoms with Crippen molar-refractivity contribution in [1.82, 2.24) is 9.97 Å². The second-order valence-electron chi connectivity index (χ2n) is 4.17. The highest BCUT2D eigenvalue weighted by atomic mass is 16.1. The second kappa shape index (κ2) is 4.45. The van der Waals surface area contributed by atoms with Crippen LogP contribution in [0.5, 0.6) is 0 Å². The van der Waals surface area contributed by atoms with Gasteiger partial charge in [-0.05, 0) is 17.7 Å². The van der Waals surface area contributed by atoms with Crippen LogP contribution in [0.4, 0.5) is 0 Å². The van der Waals surface area contributed by atoms with Crippen molar-refractivity contribution >= 4 is 17.3 Å². The zero-order valence-electron chi connectivity index (χ0n) is 9.76. The molecule has 0 aliphatic rings. The molecule has 3 rings (SSSR count). The molecule has 3 aromatic rings. The zero-order valence-corrected chi connectivity index (χ0v) is 9.76. The molecule has 0 aliphatic heterocycles. The van der Waals surface area contributed by atoms with Gasteiger partial charge in [0.2, 0.25) is 0 Å². The molecule has 0 radical (unpaired) electrons. The van der Waals surface area contributed by atoms with E-state index in [4.69, 9.17) is 0 Å². The van der Waals surface area contributed by atoms with Crippen LogP contribution < -0.4 is 0 Å². The quantitative estimate of drug-likeness (QED) is 0.710. The van der Waals surface area contributed by atoms with Gasteiger partial charge in [0, 0.05) is 12.0 Å². The van der Waals surface area contributed by atoms with E-state index < -0.39 is 0 Å². The van der Waals surface area contributed by atoms with Gasteiger partial charge in [-0.3, -0.25) is 0 Å². The Bertz CT molecular complexity index is 686. The van der Waals surface area contributed by atoms with Gasteiger partial charge < -0.3 is 9.78 Å². The van der Waals surface area contributed by atoms with Gasteiger partial charge in [-0.15, -0.1) is 0 Å². The van der Waals surface area contributed by atoms with E-state index in [0.29, 0.717) is 6.42 Å². The topological polar surface area (TPSA) is 45.8 Å². The fourth-order valence-electron chi connectivity index (χ4n) is 2.01. The number of H-pyrrole nitrogens is 1. The van der Waals surface area contributed by atoms with Gasteiger partial charge in [0.25, 0.3) is 0 Å². The Morgan fingerprint density at radius 3 is 2.72 bits per heavy atom. The van der Waals surface area contributed by atoms with E-state index >= 15 is 0 Å². The fraction of sp³-hybridized carbons (Fsp3) is 0.0667. The summed E-state index contributed by atoms with van der Waals surface area (Å²) < 4.78 is 0. The maximum Gasteiger partial charge on any atom is 0.138 e. The Balaban J connectivity index is 2.08. The second-order valence-corrected chi connectivity index (χ2v) is 4.17. The first-order valence-corrected chi connectivity index (χ1v) is 5.84. The Morgan fingerprint density at radius 2 is 1.94 bits per heavy atom. The van der Waals surface area contributed by atoms with Gasteiger partial charge in [0.05, 0.1) is 11.0 Å². The summed E-state index contributed by atoms with van der Waals surface area (Å²) in [6.07, 6.45) is 1.35. The molecular formula is C15H12N2O. The maximum atomic E-state index is 10.5. The number of nitrogens with one attached hydrogen (secondary N) is 1. The van der Waals surface area contributed by atoms with Crippen molar-refractivity contribution in [1.29, 1.82) is 0 Å². The number of hydrogen-bond acceptors (Lipinski definition) is 2. The summed E-state index contributed by atoms with van der Waals surface area (Å²) in [7, 11) is 0. The van der Waals surface area contributed by atoms with Crippen molar-refractivity contribution in [2.45, 2.75) is 6.42 Å². The van der Waals surface area contributed by atoms with Gasteiger partial charge in [0.1, 0.15) is 12.1 Å². The van der Waals surface area contributed by atoms with Gasteiger partial charge in [-0.1, -0.05) is 36.4 Å². The van der Waals surface area contributed by atoms with Crippen molar-refractivity contribution in [3.05, 3.63) is 54.1 Å². The summed E-state index contributed by atoms with van der Waals surface area (Å²) in [5, 5.41) is 0. The Morgan fingerprint density at radius 1 is 1.11 bits per heavy atom. The Kier molecular flexibility index (Phi) is 2.65. The highest BCUT2D eigenvalue weighted by molar-refractivity contribution is 5.80. The first-order valence-electron chi connectivity index (χ1n) is 5.84. The predicted octanol–water partition coefficient (Wildman–Crippen LogP) is 2.97. The zero-order chi connectivity index (χ0) is 12.4. The van der Waals surface area contributed by atoms with Gasteiger partial charge in [-0.2, -0.15) is 0 Å². The molecular weight excluding hydrogens is 224 g/mol. The van der Waals surface area contributed by atoms with Crippen LogP contribution in [0.15, 0.2) is 48.5 Å². The van der Waals surface area contributed by atoms with Crippen LogP contribution in [0, 0.1) is 0 Å². The van der Waals surface area contributed by atoms with Gasteiger partial charge in [-0.25, -0.2) is 4.98 Å². The van der Waals surface area contributed by atoms with Crippen LogP contribution in [0.3, 0.4) is 0 Å². The molecule has 0 saturated carbocycles. The number of aromatic amines is 1. The molecule has 0 atom stereocenters. The maximum absolute atomic E-state index is 10.5. The summed E-state index contributed by atoms with van der Waals surface area (Å²) in [5.74, 6) is 0.855. The van der Waals surface area contributed by atoms with E-state index in [1.54, 1.807) is 0 Å². The van der Waals surface area contributed by atoms with Crippen LogP contribution >= 0.6 is 0 Å². The summed E-state index contributed by atoms with van der Waals surface area (Å²) >= 11 is 0. The Labute approximate surface area is 104 Å². The molecule has 1 aromatic heterocycles. The van der Waals surface area contributed by atoms with Crippen LogP contribution in [0.1, 0.15) is 5.56 Å². The number of aromatic nitrogens is 2. The van der Waals surface area contributed by atoms with Crippen LogP contribution in [0.2, 0.25) is 0 Å². The molecule has 3 heteroatoms. The molecule has 0 aliphatic carbocycles. The number of imidazole rings is 1. The lowest BCUT2D eigenvalue weighted by Gasteiger charge is -1.94. The molecule has 0 unspecified atom stereocenters. The number of carbonyl (C=O) groups is 1. The number of carbonyl (C=O) groups excluding carboxylic acids is 1. The van der Waals surface area contributed by atoms with Crippen LogP contribution in [-0.4, -0.2) is 16.3 Å². The number of benzene rings is 2. The first kappa shape index (κ1) is 10.7. The highest BCUT2D eigenvalue weighted by Crippen LogP contribution is 2.20. The number of hydrogen-bond donors (Lipinski definition) is 1. The predicted molar refractivity (Wildman–Crippen MR) is 71.3 cm³/mol. The van der Waals surface area contributed by atoms with E-state index in [0.717, 1.165) is 34.3 Å². The molecule has 0 fully saturated rings. The summed E-state index contributed by atoms with van der Waals surface area (Å²) in [5.41, 5.74) is 3.95. The molecule has 0 spiro atoms. The van der Waals surface area contributed by atoms with Gasteiger partial charge >= 0.3 is 0 Å². The first-order chi connectivity index (χ1) is 8.86. The summed E-state index contributed by atoms with van der Waals surface area (Å²) in [6.45, 7) is 0. The summed E-state index contributed by atoms with van der Waals surface area (Å²) in [6, 6.07) is 15.8. The third-order valence-corrected chi connectivity index (χ3v) is 2.91. The van der Waals surface area contributed by atoms with Crippen molar-refractivity contribution in [2.24, 2.45) is 0 Å². The number of aldehydes is 1. The normalized spacial score (nSPS) is 10.7. The SMILES string of the molecule is O=CCc1ccc2nc(-c3ccccc3)[nH]c2c1. The molecule has 1 N–H and O–H groups in total. The van der Waals surface area contributed by atoms with E-state index in [1.165, 1.54) is 0 Å². The highest BCUT2D eigenvalue weighted by Gasteiger charge is 2.05. The molecule has 88 valence electrons. The Hall–Kier alpha value is -2.42. The number of fused-ring (bicyclic) bond motifs is 1. The van der Waals surface area contributed by atoms with Crippen LogP contribution in [0.25, 0.3) is 22.4 Å². The standard InChI is InChI=1S/C15H12N2O/c18-9-8-11-6-7-13-14(10-11)17-15(16-13)12-4-2-1-3-5-12/h1-7,9-10H,8H2,(H,16,17). The van der Waals surface area contributed by atoms with Gasteiger partial charge in [0.15, 0.2) is 0 Å². The lowest BCUT2D eigenvalue weighted by Crippen LogP contribution is -1.84. The van der Waals surface area contributed by atoms with Crippen molar-refractivity contribution < 1.29 is 4.79 Å². The minimum Gasteiger partial charge on any atom is -0.338 e. The van der Waals surface area contributed by atoms with Crippen molar-refractivity contribution in [3.63, 3.8) is 0 Å². The number of nitrogens with zero attached hydrogens (tertiary/aromatic N) is 1. The molecule has 18 heavy (non-hydrogen) atoms. The smallest absolute Gasteiger partial charge is 0.138 e. The van der Waals surface area contributed by atoms with E-state index in [9.17, 15) is 4.79 Å². The molecule has 0 bridgehead atoms. The molecule has 0 saturated heterocycles.